The van der Waals surface area contributed by atoms with Crippen LogP contribution in [-0.4, -0.2) is 0 Å². The number of hydrazine groups is 1. The van der Waals surface area contributed by atoms with E-state index in [1.54, 1.807) is 6.07 Å². The van der Waals surface area contributed by atoms with Gasteiger partial charge in [-0.25, -0.2) is 4.39 Å². The van der Waals surface area contributed by atoms with Crippen molar-refractivity contribution < 1.29 is 4.39 Å². The van der Waals surface area contributed by atoms with Gasteiger partial charge in [-0.2, -0.15) is 0 Å². The van der Waals surface area contributed by atoms with Crippen molar-refractivity contribution in [2.45, 2.75) is 38.1 Å². The number of benzene rings is 1. The van der Waals surface area contributed by atoms with Crippen molar-refractivity contribution in [3.05, 3.63) is 33.1 Å². The largest absolute Gasteiger partial charge is 0.271 e. The topological polar surface area (TPSA) is 38.0 Å². The van der Waals surface area contributed by atoms with Gasteiger partial charge in [-0.3, -0.25) is 11.3 Å². The quantitative estimate of drug-likeness (QED) is 0.498. The van der Waals surface area contributed by atoms with Crippen LogP contribution in [0.25, 0.3) is 0 Å². The molecule has 4 heteroatoms. The number of nitrogens with two attached hydrogens (primary N) is 1. The smallest absolute Gasteiger partial charge is 0.124 e. The second kappa shape index (κ2) is 6.11. The average molecular weight is 348 g/mol. The summed E-state index contributed by atoms with van der Waals surface area (Å²) in [6, 6.07) is 5.10. The first-order valence-corrected chi connectivity index (χ1v) is 7.21. The van der Waals surface area contributed by atoms with E-state index in [0.29, 0.717) is 5.92 Å². The Morgan fingerprint density at radius 2 is 2.00 bits per heavy atom. The Kier molecular flexibility index (Phi) is 4.76. The predicted octanol–water partition coefficient (Wildman–Crippen LogP) is 3.52. The summed E-state index contributed by atoms with van der Waals surface area (Å²) in [7, 11) is 0. The van der Waals surface area contributed by atoms with E-state index in [1.165, 1.54) is 38.2 Å². The third kappa shape index (κ3) is 3.17. The van der Waals surface area contributed by atoms with Crippen LogP contribution in [-0.2, 0) is 0 Å². The molecule has 1 unspecified atom stereocenters. The fraction of sp³-hybridized carbons (Fsp3) is 0.538. The van der Waals surface area contributed by atoms with Crippen molar-refractivity contribution >= 4 is 22.6 Å². The number of hydrogen-bond donors (Lipinski definition) is 2. The Hall–Kier alpha value is -0.200. The van der Waals surface area contributed by atoms with Gasteiger partial charge < -0.3 is 0 Å². The van der Waals surface area contributed by atoms with Crippen LogP contribution in [0.5, 0.6) is 0 Å². The lowest BCUT2D eigenvalue weighted by Gasteiger charge is -2.30. The molecular formula is C13H18FIN2. The molecule has 17 heavy (non-hydrogen) atoms. The molecule has 2 rings (SSSR count). The Morgan fingerprint density at radius 3 is 2.59 bits per heavy atom. The first-order valence-electron chi connectivity index (χ1n) is 6.13. The SMILES string of the molecule is NNC(c1ccc(F)cc1I)C1CCCCC1. The van der Waals surface area contributed by atoms with Crippen LogP contribution in [0.15, 0.2) is 18.2 Å². The highest BCUT2D eigenvalue weighted by molar-refractivity contribution is 14.1. The van der Waals surface area contributed by atoms with Crippen LogP contribution >= 0.6 is 22.6 Å². The summed E-state index contributed by atoms with van der Waals surface area (Å²) < 4.78 is 14.1. The molecule has 1 saturated carbocycles. The standard InChI is InChI=1S/C13H18FIN2/c14-10-6-7-11(12(15)8-10)13(17-16)9-4-2-1-3-5-9/h6-9,13,17H,1-5,16H2. The molecule has 1 fully saturated rings. The molecule has 0 bridgehead atoms. The summed E-state index contributed by atoms with van der Waals surface area (Å²) in [4.78, 5) is 0. The van der Waals surface area contributed by atoms with E-state index in [2.05, 4.69) is 28.0 Å². The molecule has 3 N–H and O–H groups in total. The molecule has 1 aromatic rings. The minimum absolute atomic E-state index is 0.155. The second-order valence-electron chi connectivity index (χ2n) is 4.71. The van der Waals surface area contributed by atoms with Crippen LogP contribution in [0.3, 0.4) is 0 Å². The van der Waals surface area contributed by atoms with E-state index in [9.17, 15) is 4.39 Å². The zero-order valence-electron chi connectivity index (χ0n) is 9.76. The van der Waals surface area contributed by atoms with Gasteiger partial charge in [0.1, 0.15) is 5.82 Å². The maximum absolute atomic E-state index is 13.1. The van der Waals surface area contributed by atoms with Gasteiger partial charge in [-0.05, 0) is 59.0 Å². The van der Waals surface area contributed by atoms with Gasteiger partial charge in [0.05, 0.1) is 0 Å². The van der Waals surface area contributed by atoms with Gasteiger partial charge >= 0.3 is 0 Å². The van der Waals surface area contributed by atoms with Gasteiger partial charge in [-0.1, -0.05) is 25.3 Å². The summed E-state index contributed by atoms with van der Waals surface area (Å²) in [6.45, 7) is 0. The van der Waals surface area contributed by atoms with Crippen molar-refractivity contribution in [1.82, 2.24) is 5.43 Å². The summed E-state index contributed by atoms with van der Waals surface area (Å²) in [5.74, 6) is 6.09. The molecule has 0 amide bonds. The summed E-state index contributed by atoms with van der Waals surface area (Å²) in [5.41, 5.74) is 4.05. The van der Waals surface area contributed by atoms with Gasteiger partial charge in [0.2, 0.25) is 0 Å². The first-order chi connectivity index (χ1) is 8.22. The maximum Gasteiger partial charge on any atom is 0.124 e. The molecule has 1 aliphatic carbocycles. The van der Waals surface area contributed by atoms with Crippen LogP contribution in [0.2, 0.25) is 0 Å². The normalized spacial score (nSPS) is 19.2. The lowest BCUT2D eigenvalue weighted by atomic mass is 9.81. The van der Waals surface area contributed by atoms with Gasteiger partial charge in [0.25, 0.3) is 0 Å². The minimum atomic E-state index is -0.183. The summed E-state index contributed by atoms with van der Waals surface area (Å²) >= 11 is 2.19. The van der Waals surface area contributed by atoms with Crippen molar-refractivity contribution in [3.63, 3.8) is 0 Å². The molecule has 0 aromatic heterocycles. The Labute approximate surface area is 115 Å². The lowest BCUT2D eigenvalue weighted by molar-refractivity contribution is 0.272. The lowest BCUT2D eigenvalue weighted by Crippen LogP contribution is -2.35. The number of halogens is 2. The van der Waals surface area contributed by atoms with Crippen LogP contribution in [0, 0.1) is 15.3 Å². The van der Waals surface area contributed by atoms with Crippen LogP contribution in [0.1, 0.15) is 43.7 Å². The number of hydrogen-bond acceptors (Lipinski definition) is 2. The fourth-order valence-corrected chi connectivity index (χ4v) is 3.51. The minimum Gasteiger partial charge on any atom is -0.271 e. The molecule has 0 spiro atoms. The zero-order valence-corrected chi connectivity index (χ0v) is 11.9. The molecule has 94 valence electrons. The molecule has 0 heterocycles. The van der Waals surface area contributed by atoms with Crippen molar-refractivity contribution in [2.24, 2.45) is 11.8 Å². The summed E-state index contributed by atoms with van der Waals surface area (Å²) in [6.07, 6.45) is 6.31. The Bertz CT molecular complexity index is 378. The van der Waals surface area contributed by atoms with E-state index in [0.717, 1.165) is 9.13 Å². The Morgan fingerprint density at radius 1 is 1.29 bits per heavy atom. The molecule has 0 radical (unpaired) electrons. The van der Waals surface area contributed by atoms with Crippen LogP contribution in [0.4, 0.5) is 4.39 Å². The van der Waals surface area contributed by atoms with Crippen molar-refractivity contribution in [1.29, 1.82) is 0 Å². The van der Waals surface area contributed by atoms with Gasteiger partial charge in [0, 0.05) is 9.61 Å². The van der Waals surface area contributed by atoms with E-state index in [4.69, 9.17) is 5.84 Å². The third-order valence-electron chi connectivity index (χ3n) is 3.60. The average Bonchev–Trinajstić information content (AvgIpc) is 2.34. The fourth-order valence-electron chi connectivity index (χ4n) is 2.70. The predicted molar refractivity (Wildman–Crippen MR) is 75.8 cm³/mol. The van der Waals surface area contributed by atoms with E-state index in [-0.39, 0.29) is 11.9 Å². The zero-order chi connectivity index (χ0) is 12.3. The van der Waals surface area contributed by atoms with Gasteiger partial charge in [-0.15, -0.1) is 0 Å². The molecule has 2 nitrogen and oxygen atoms in total. The highest BCUT2D eigenvalue weighted by atomic mass is 127. The Balaban J connectivity index is 2.21. The molecule has 1 atom stereocenters. The third-order valence-corrected chi connectivity index (χ3v) is 4.53. The van der Waals surface area contributed by atoms with E-state index >= 15 is 0 Å². The molecule has 0 aliphatic heterocycles. The van der Waals surface area contributed by atoms with Crippen molar-refractivity contribution in [2.75, 3.05) is 0 Å². The van der Waals surface area contributed by atoms with E-state index < -0.39 is 0 Å². The van der Waals surface area contributed by atoms with Crippen molar-refractivity contribution in [3.8, 4) is 0 Å². The van der Waals surface area contributed by atoms with Gasteiger partial charge in [0.15, 0.2) is 0 Å². The number of rotatable bonds is 3. The molecule has 1 aliphatic rings. The molecular weight excluding hydrogens is 330 g/mol. The molecule has 1 aromatic carbocycles. The van der Waals surface area contributed by atoms with E-state index in [1.807, 2.05) is 6.07 Å². The monoisotopic (exact) mass is 348 g/mol. The highest BCUT2D eigenvalue weighted by Crippen LogP contribution is 2.35. The van der Waals surface area contributed by atoms with Crippen LogP contribution < -0.4 is 11.3 Å². The molecule has 0 saturated heterocycles. The summed E-state index contributed by atoms with van der Waals surface area (Å²) in [5, 5.41) is 0. The first kappa shape index (κ1) is 13.2. The maximum atomic E-state index is 13.1. The second-order valence-corrected chi connectivity index (χ2v) is 5.87. The number of nitrogens with one attached hydrogen (secondary N) is 1. The highest BCUT2D eigenvalue weighted by Gasteiger charge is 2.25.